The Hall–Kier alpha value is -0.670. The van der Waals surface area contributed by atoms with Crippen molar-refractivity contribution in [2.24, 2.45) is 5.92 Å². The molecule has 1 aliphatic rings. The van der Waals surface area contributed by atoms with E-state index in [-0.39, 0.29) is 12.0 Å². The van der Waals surface area contributed by atoms with Gasteiger partial charge in [-0.15, -0.1) is 0 Å². The number of halogens is 1. The molecule has 3 heteroatoms. The number of Topliss-reactive ketones (excluding diaryl/α,β-unsaturated/α-hetero) is 1. The van der Waals surface area contributed by atoms with Crippen molar-refractivity contribution < 1.29 is 9.53 Å². The van der Waals surface area contributed by atoms with Gasteiger partial charge in [-0.1, -0.05) is 35.0 Å². The van der Waals surface area contributed by atoms with Crippen LogP contribution in [0.4, 0.5) is 0 Å². The van der Waals surface area contributed by atoms with E-state index in [9.17, 15) is 4.79 Å². The van der Waals surface area contributed by atoms with Crippen molar-refractivity contribution in [3.63, 3.8) is 0 Å². The third kappa shape index (κ3) is 3.17. The Morgan fingerprint density at radius 2 is 2.35 bits per heavy atom. The zero-order valence-electron chi connectivity index (χ0n) is 9.99. The number of rotatable bonds is 4. The van der Waals surface area contributed by atoms with Crippen LogP contribution in [-0.2, 0) is 16.0 Å². The maximum Gasteiger partial charge on any atom is 0.143 e. The zero-order valence-corrected chi connectivity index (χ0v) is 11.6. The van der Waals surface area contributed by atoms with Gasteiger partial charge in [0.15, 0.2) is 0 Å². The minimum absolute atomic E-state index is 0.0963. The van der Waals surface area contributed by atoms with E-state index < -0.39 is 0 Å². The number of ketones is 1. The van der Waals surface area contributed by atoms with E-state index in [1.54, 1.807) is 0 Å². The molecule has 0 aliphatic carbocycles. The molecule has 17 heavy (non-hydrogen) atoms. The molecule has 2 atom stereocenters. The topological polar surface area (TPSA) is 26.3 Å². The van der Waals surface area contributed by atoms with E-state index in [1.807, 2.05) is 24.3 Å². The van der Waals surface area contributed by atoms with Crippen LogP contribution < -0.4 is 0 Å². The van der Waals surface area contributed by atoms with E-state index in [0.29, 0.717) is 12.2 Å². The monoisotopic (exact) mass is 296 g/mol. The lowest BCUT2D eigenvalue weighted by Crippen LogP contribution is -2.25. The third-order valence-electron chi connectivity index (χ3n) is 3.29. The minimum Gasteiger partial charge on any atom is -0.377 e. The fourth-order valence-corrected chi connectivity index (χ4v) is 2.84. The molecule has 0 saturated carbocycles. The summed E-state index contributed by atoms with van der Waals surface area (Å²) in [5.41, 5.74) is 1.08. The second kappa shape index (κ2) is 5.78. The van der Waals surface area contributed by atoms with Crippen LogP contribution in [0.25, 0.3) is 0 Å². The van der Waals surface area contributed by atoms with Gasteiger partial charge in [0, 0.05) is 23.4 Å². The summed E-state index contributed by atoms with van der Waals surface area (Å²) in [6, 6.07) is 7.95. The van der Waals surface area contributed by atoms with Crippen molar-refractivity contribution in [3.05, 3.63) is 34.3 Å². The Morgan fingerprint density at radius 3 is 3.06 bits per heavy atom. The predicted octanol–water partition coefficient (Wildman–Crippen LogP) is 3.38. The second-order valence-corrected chi connectivity index (χ2v) is 5.40. The van der Waals surface area contributed by atoms with Crippen molar-refractivity contribution >= 4 is 21.7 Å². The van der Waals surface area contributed by atoms with Gasteiger partial charge in [-0.25, -0.2) is 0 Å². The first-order chi connectivity index (χ1) is 8.20. The molecule has 1 saturated heterocycles. The van der Waals surface area contributed by atoms with Gasteiger partial charge < -0.3 is 4.74 Å². The Balaban J connectivity index is 2.01. The SMILES string of the molecule is CCC1OCCC1C(=O)Cc1cccc(Br)c1. The lowest BCUT2D eigenvalue weighted by Gasteiger charge is -2.15. The van der Waals surface area contributed by atoms with E-state index in [4.69, 9.17) is 4.74 Å². The van der Waals surface area contributed by atoms with Crippen LogP contribution in [0.1, 0.15) is 25.3 Å². The average molecular weight is 297 g/mol. The molecule has 0 radical (unpaired) electrons. The van der Waals surface area contributed by atoms with Gasteiger partial charge in [0.2, 0.25) is 0 Å². The van der Waals surface area contributed by atoms with Crippen LogP contribution in [0.2, 0.25) is 0 Å². The van der Waals surface area contributed by atoms with Gasteiger partial charge in [-0.05, 0) is 30.5 Å². The van der Waals surface area contributed by atoms with Crippen LogP contribution in [0.3, 0.4) is 0 Å². The number of ether oxygens (including phenoxy) is 1. The Labute approximate surface area is 110 Å². The summed E-state index contributed by atoms with van der Waals surface area (Å²) in [4.78, 5) is 12.2. The molecular weight excluding hydrogens is 280 g/mol. The fraction of sp³-hybridized carbons (Fsp3) is 0.500. The molecule has 2 unspecified atom stereocenters. The van der Waals surface area contributed by atoms with Crippen LogP contribution >= 0.6 is 15.9 Å². The first-order valence-electron chi connectivity index (χ1n) is 6.09. The molecule has 2 rings (SSSR count). The van der Waals surface area contributed by atoms with Crippen molar-refractivity contribution in [2.45, 2.75) is 32.3 Å². The predicted molar refractivity (Wildman–Crippen MR) is 71.0 cm³/mol. The summed E-state index contributed by atoms with van der Waals surface area (Å²) in [6.45, 7) is 2.81. The molecule has 0 aromatic heterocycles. The molecule has 1 aromatic carbocycles. The maximum absolute atomic E-state index is 12.2. The maximum atomic E-state index is 12.2. The Morgan fingerprint density at radius 1 is 1.53 bits per heavy atom. The highest BCUT2D eigenvalue weighted by Gasteiger charge is 2.32. The molecule has 2 nitrogen and oxygen atoms in total. The van der Waals surface area contributed by atoms with E-state index in [2.05, 4.69) is 22.9 Å². The molecule has 1 aromatic rings. The molecule has 0 N–H and O–H groups in total. The number of benzene rings is 1. The Kier molecular flexibility index (Phi) is 4.35. The number of carbonyl (C=O) groups is 1. The molecule has 0 amide bonds. The lowest BCUT2D eigenvalue weighted by atomic mass is 9.91. The van der Waals surface area contributed by atoms with Gasteiger partial charge in [0.05, 0.1) is 6.10 Å². The highest BCUT2D eigenvalue weighted by molar-refractivity contribution is 9.10. The molecule has 1 heterocycles. The molecule has 0 bridgehead atoms. The van der Waals surface area contributed by atoms with Gasteiger partial charge >= 0.3 is 0 Å². The van der Waals surface area contributed by atoms with Crippen LogP contribution in [-0.4, -0.2) is 18.5 Å². The largest absolute Gasteiger partial charge is 0.377 e. The first kappa shape index (κ1) is 12.8. The summed E-state index contributed by atoms with van der Waals surface area (Å²) in [6.07, 6.45) is 2.46. The van der Waals surface area contributed by atoms with Crippen LogP contribution in [0.15, 0.2) is 28.7 Å². The summed E-state index contributed by atoms with van der Waals surface area (Å²) in [5.74, 6) is 0.409. The standard InChI is InChI=1S/C14H17BrO2/c1-2-14-12(6-7-17-14)13(16)9-10-4-3-5-11(15)8-10/h3-5,8,12,14H,2,6-7,9H2,1H3. The quantitative estimate of drug-likeness (QED) is 0.851. The highest BCUT2D eigenvalue weighted by Crippen LogP contribution is 2.25. The second-order valence-electron chi connectivity index (χ2n) is 4.49. The van der Waals surface area contributed by atoms with Gasteiger partial charge in [-0.2, -0.15) is 0 Å². The van der Waals surface area contributed by atoms with Gasteiger partial charge in [0.1, 0.15) is 5.78 Å². The van der Waals surface area contributed by atoms with Crippen LogP contribution in [0.5, 0.6) is 0 Å². The Bertz CT molecular complexity index is 403. The van der Waals surface area contributed by atoms with Gasteiger partial charge in [-0.3, -0.25) is 4.79 Å². The van der Waals surface area contributed by atoms with E-state index in [1.165, 1.54) is 0 Å². The van der Waals surface area contributed by atoms with Gasteiger partial charge in [0.25, 0.3) is 0 Å². The smallest absolute Gasteiger partial charge is 0.143 e. The third-order valence-corrected chi connectivity index (χ3v) is 3.79. The molecule has 0 spiro atoms. The fourth-order valence-electron chi connectivity index (χ4n) is 2.40. The number of carbonyl (C=O) groups excluding carboxylic acids is 1. The average Bonchev–Trinajstić information content (AvgIpc) is 2.77. The minimum atomic E-state index is 0.0963. The first-order valence-corrected chi connectivity index (χ1v) is 6.88. The van der Waals surface area contributed by atoms with Crippen molar-refractivity contribution in [1.82, 2.24) is 0 Å². The molecular formula is C14H17BrO2. The summed E-state index contributed by atoms with van der Waals surface area (Å²) < 4.78 is 6.59. The van der Waals surface area contributed by atoms with E-state index in [0.717, 1.165) is 29.5 Å². The number of hydrogen-bond donors (Lipinski definition) is 0. The van der Waals surface area contributed by atoms with Crippen molar-refractivity contribution in [1.29, 1.82) is 0 Å². The van der Waals surface area contributed by atoms with Crippen molar-refractivity contribution in [2.75, 3.05) is 6.61 Å². The van der Waals surface area contributed by atoms with Crippen molar-refractivity contribution in [3.8, 4) is 0 Å². The zero-order chi connectivity index (χ0) is 12.3. The molecule has 92 valence electrons. The summed E-state index contributed by atoms with van der Waals surface area (Å²) in [7, 11) is 0. The summed E-state index contributed by atoms with van der Waals surface area (Å²) in [5, 5.41) is 0. The lowest BCUT2D eigenvalue weighted by molar-refractivity contribution is -0.123. The number of hydrogen-bond acceptors (Lipinski definition) is 2. The molecule has 1 fully saturated rings. The molecule has 1 aliphatic heterocycles. The normalized spacial score (nSPS) is 23.9. The van der Waals surface area contributed by atoms with E-state index >= 15 is 0 Å². The highest BCUT2D eigenvalue weighted by atomic mass is 79.9. The van der Waals surface area contributed by atoms with Crippen LogP contribution in [0, 0.1) is 5.92 Å². The summed E-state index contributed by atoms with van der Waals surface area (Å²) >= 11 is 3.43.